The van der Waals surface area contributed by atoms with E-state index in [0.29, 0.717) is 33.9 Å². The van der Waals surface area contributed by atoms with E-state index in [1.54, 1.807) is 30.3 Å². The van der Waals surface area contributed by atoms with Crippen molar-refractivity contribution in [3.8, 4) is 5.69 Å². The molecule has 2 N–H and O–H groups in total. The van der Waals surface area contributed by atoms with Crippen molar-refractivity contribution in [2.24, 2.45) is 0 Å². The Morgan fingerprint density at radius 1 is 1.00 bits per heavy atom. The maximum atomic E-state index is 13.3. The Kier molecular flexibility index (Phi) is 6.55. The van der Waals surface area contributed by atoms with Crippen LogP contribution in [0.3, 0.4) is 0 Å². The van der Waals surface area contributed by atoms with Crippen LogP contribution < -0.4 is 10.9 Å². The maximum absolute atomic E-state index is 13.3. The van der Waals surface area contributed by atoms with Gasteiger partial charge in [0.05, 0.1) is 27.4 Å². The highest BCUT2D eigenvalue weighted by Gasteiger charge is 2.23. The van der Waals surface area contributed by atoms with E-state index in [0.717, 1.165) is 0 Å². The van der Waals surface area contributed by atoms with Gasteiger partial charge in [-0.1, -0.05) is 49.0 Å². The first-order chi connectivity index (χ1) is 16.0. The van der Waals surface area contributed by atoms with E-state index in [1.165, 1.54) is 28.5 Å². The lowest BCUT2D eigenvalue weighted by Gasteiger charge is -2.18. The number of nitrogens with zero attached hydrogens (tertiary/aromatic N) is 2. The fourth-order valence-electron chi connectivity index (χ4n) is 3.36. The summed E-state index contributed by atoms with van der Waals surface area (Å²) in [6.45, 7) is 1.89. The summed E-state index contributed by atoms with van der Waals surface area (Å²) in [5.74, 6) is -1.29. The zero-order valence-corrected chi connectivity index (χ0v) is 18.6. The molecule has 0 bridgehead atoms. The molecule has 0 saturated carbocycles. The van der Waals surface area contributed by atoms with Crippen molar-refractivity contribution in [1.29, 1.82) is 0 Å². The van der Waals surface area contributed by atoms with Crippen molar-refractivity contribution in [2.75, 3.05) is 5.32 Å². The summed E-state index contributed by atoms with van der Waals surface area (Å²) in [6.07, 6.45) is 0.501. The van der Waals surface area contributed by atoms with Crippen molar-refractivity contribution in [2.45, 2.75) is 23.8 Å². The number of amides is 1. The van der Waals surface area contributed by atoms with Crippen LogP contribution in [0, 0.1) is 0 Å². The van der Waals surface area contributed by atoms with E-state index in [4.69, 9.17) is 10.1 Å². The van der Waals surface area contributed by atoms with E-state index in [2.05, 4.69) is 5.32 Å². The molecule has 0 spiro atoms. The molecule has 1 atom stereocenters. The summed E-state index contributed by atoms with van der Waals surface area (Å²) >= 11 is 1.22. The first kappa shape index (κ1) is 22.3. The van der Waals surface area contributed by atoms with Crippen LogP contribution >= 0.6 is 11.8 Å². The molecule has 8 heteroatoms. The molecule has 1 heterocycles. The van der Waals surface area contributed by atoms with Gasteiger partial charge in [-0.25, -0.2) is 9.78 Å². The zero-order valence-electron chi connectivity index (χ0n) is 17.8. The van der Waals surface area contributed by atoms with E-state index >= 15 is 0 Å². The molecule has 33 heavy (non-hydrogen) atoms. The average molecular weight is 460 g/mol. The molecule has 0 aliphatic carbocycles. The van der Waals surface area contributed by atoms with Gasteiger partial charge in [0.1, 0.15) is 0 Å². The number of carboxylic acid groups (broad SMARTS) is 1. The molecule has 0 saturated heterocycles. The fraction of sp³-hybridized carbons (Fsp3) is 0.120. The normalized spacial score (nSPS) is 11.8. The minimum atomic E-state index is -1.03. The maximum Gasteiger partial charge on any atom is 0.335 e. The Morgan fingerprint density at radius 2 is 1.67 bits per heavy atom. The average Bonchev–Trinajstić information content (AvgIpc) is 2.83. The van der Waals surface area contributed by atoms with Crippen molar-refractivity contribution in [3.63, 3.8) is 0 Å². The number of anilines is 1. The van der Waals surface area contributed by atoms with Gasteiger partial charge in [0.25, 0.3) is 5.56 Å². The largest absolute Gasteiger partial charge is 0.478 e. The van der Waals surface area contributed by atoms with E-state index < -0.39 is 11.2 Å². The number of hydrogen-bond donors (Lipinski definition) is 2. The summed E-state index contributed by atoms with van der Waals surface area (Å²) in [5.41, 5.74) is 1.67. The molecular formula is C25H21N3O4S. The topological polar surface area (TPSA) is 101 Å². The van der Waals surface area contributed by atoms with Gasteiger partial charge in [0.2, 0.25) is 5.91 Å². The third kappa shape index (κ3) is 4.80. The third-order valence-corrected chi connectivity index (χ3v) is 6.39. The molecule has 3 aromatic carbocycles. The number of carboxylic acids is 1. The monoisotopic (exact) mass is 459 g/mol. The number of nitrogens with one attached hydrogen (secondary N) is 1. The van der Waals surface area contributed by atoms with Crippen molar-refractivity contribution >= 4 is 40.2 Å². The van der Waals surface area contributed by atoms with Crippen LogP contribution in [0.4, 0.5) is 5.69 Å². The summed E-state index contributed by atoms with van der Waals surface area (Å²) in [7, 11) is 0. The molecule has 4 rings (SSSR count). The van der Waals surface area contributed by atoms with Crippen molar-refractivity contribution in [3.05, 3.63) is 94.8 Å². The number of aromatic nitrogens is 2. The fourth-order valence-corrected chi connectivity index (χ4v) is 4.40. The van der Waals surface area contributed by atoms with Gasteiger partial charge >= 0.3 is 5.97 Å². The van der Waals surface area contributed by atoms with Gasteiger partial charge in [-0.05, 0) is 55.0 Å². The van der Waals surface area contributed by atoms with Crippen LogP contribution in [-0.2, 0) is 4.79 Å². The molecule has 1 aromatic heterocycles. The number of aromatic carboxylic acids is 1. The van der Waals surface area contributed by atoms with Gasteiger partial charge in [-0.15, -0.1) is 0 Å². The number of benzene rings is 3. The number of rotatable bonds is 7. The van der Waals surface area contributed by atoms with Gasteiger partial charge in [0, 0.05) is 5.69 Å². The van der Waals surface area contributed by atoms with E-state index in [9.17, 15) is 14.4 Å². The Hall–Kier alpha value is -3.91. The summed E-state index contributed by atoms with van der Waals surface area (Å²) in [6, 6.07) is 22.3. The Balaban J connectivity index is 1.68. The standard InChI is InChI=1S/C25H21N3O4S/c1-2-21(22(29)26-17-14-12-16(13-15-17)24(31)32)33-25-27-20-11-7-6-10-19(20)23(30)28(25)18-8-4-3-5-9-18/h3-15,21H,2H2,1H3,(H,26,29)(H,31,32). The van der Waals surface area contributed by atoms with Crippen LogP contribution in [0.15, 0.2) is 88.8 Å². The second-order valence-electron chi connectivity index (χ2n) is 7.27. The predicted octanol–water partition coefficient (Wildman–Crippen LogP) is 4.59. The predicted molar refractivity (Wildman–Crippen MR) is 129 cm³/mol. The zero-order chi connectivity index (χ0) is 23.4. The number of carbonyl (C=O) groups is 2. The van der Waals surface area contributed by atoms with Crippen LogP contribution in [-0.4, -0.2) is 31.8 Å². The minimum Gasteiger partial charge on any atom is -0.478 e. The molecule has 0 fully saturated rings. The molecular weight excluding hydrogens is 438 g/mol. The van der Waals surface area contributed by atoms with E-state index in [1.807, 2.05) is 43.3 Å². The lowest BCUT2D eigenvalue weighted by Crippen LogP contribution is -2.27. The summed E-state index contributed by atoms with van der Waals surface area (Å²) in [5, 5.41) is 12.3. The number of thioether (sulfide) groups is 1. The third-order valence-electron chi connectivity index (χ3n) is 5.07. The highest BCUT2D eigenvalue weighted by Crippen LogP contribution is 2.28. The number of para-hydroxylation sites is 2. The van der Waals surface area contributed by atoms with Gasteiger partial charge in [0.15, 0.2) is 5.16 Å². The lowest BCUT2D eigenvalue weighted by atomic mass is 10.2. The van der Waals surface area contributed by atoms with Crippen molar-refractivity contribution in [1.82, 2.24) is 9.55 Å². The molecule has 4 aromatic rings. The number of fused-ring (bicyclic) bond motifs is 1. The van der Waals surface area contributed by atoms with Crippen LogP contribution in [0.5, 0.6) is 0 Å². The molecule has 0 aliphatic rings. The Morgan fingerprint density at radius 3 is 2.33 bits per heavy atom. The number of hydrogen-bond acceptors (Lipinski definition) is 5. The number of carbonyl (C=O) groups excluding carboxylic acids is 1. The Bertz CT molecular complexity index is 1370. The molecule has 7 nitrogen and oxygen atoms in total. The first-order valence-corrected chi connectivity index (χ1v) is 11.2. The van der Waals surface area contributed by atoms with Crippen LogP contribution in [0.25, 0.3) is 16.6 Å². The van der Waals surface area contributed by atoms with Crippen molar-refractivity contribution < 1.29 is 14.7 Å². The summed E-state index contributed by atoms with van der Waals surface area (Å²) < 4.78 is 1.53. The first-order valence-electron chi connectivity index (χ1n) is 10.4. The Labute approximate surface area is 194 Å². The molecule has 166 valence electrons. The minimum absolute atomic E-state index is 0.140. The van der Waals surface area contributed by atoms with Gasteiger partial charge in [-0.3, -0.25) is 14.2 Å². The SMILES string of the molecule is CCC(Sc1nc2ccccc2c(=O)n1-c1ccccc1)C(=O)Nc1ccc(C(=O)O)cc1. The van der Waals surface area contributed by atoms with Gasteiger partial charge < -0.3 is 10.4 Å². The second-order valence-corrected chi connectivity index (χ2v) is 8.44. The quantitative estimate of drug-likeness (QED) is 0.310. The lowest BCUT2D eigenvalue weighted by molar-refractivity contribution is -0.115. The van der Waals surface area contributed by atoms with E-state index in [-0.39, 0.29) is 17.0 Å². The molecule has 1 amide bonds. The summed E-state index contributed by atoms with van der Waals surface area (Å²) in [4.78, 5) is 42.1. The van der Waals surface area contributed by atoms with Gasteiger partial charge in [-0.2, -0.15) is 0 Å². The second kappa shape index (κ2) is 9.70. The van der Waals surface area contributed by atoms with Crippen LogP contribution in [0.2, 0.25) is 0 Å². The van der Waals surface area contributed by atoms with Crippen LogP contribution in [0.1, 0.15) is 23.7 Å². The highest BCUT2D eigenvalue weighted by atomic mass is 32.2. The molecule has 0 aliphatic heterocycles. The highest BCUT2D eigenvalue weighted by molar-refractivity contribution is 8.00. The smallest absolute Gasteiger partial charge is 0.335 e. The molecule has 1 unspecified atom stereocenters. The molecule has 0 radical (unpaired) electrons.